The van der Waals surface area contributed by atoms with Crippen molar-refractivity contribution in [1.29, 1.82) is 0 Å². The van der Waals surface area contributed by atoms with Crippen molar-refractivity contribution < 1.29 is 23.7 Å². The molecule has 0 saturated carbocycles. The molecule has 0 aliphatic heterocycles. The van der Waals surface area contributed by atoms with E-state index in [1.807, 2.05) is 6.92 Å². The van der Waals surface area contributed by atoms with E-state index in [1.165, 1.54) is 6.92 Å². The van der Waals surface area contributed by atoms with E-state index in [-0.39, 0.29) is 15.3 Å². The lowest BCUT2D eigenvalue weighted by Gasteiger charge is -2.17. The van der Waals surface area contributed by atoms with E-state index in [0.29, 0.717) is 10.7 Å². The molecule has 1 heterocycles. The number of phosphoric ester groups is 1. The Bertz CT molecular complexity index is 870. The number of nitrogens with one attached hydrogen (secondary N) is 1. The number of halogens is 3. The second-order valence-corrected chi connectivity index (χ2v) is 7.78. The third kappa shape index (κ3) is 5.04. The van der Waals surface area contributed by atoms with Crippen LogP contribution in [-0.2, 0) is 9.09 Å². The molecule has 8 nitrogen and oxygen atoms in total. The zero-order valence-corrected chi connectivity index (χ0v) is 16.9. The summed E-state index contributed by atoms with van der Waals surface area (Å²) in [6, 6.07) is 5.07. The highest BCUT2D eigenvalue weighted by Crippen LogP contribution is 2.41. The number of benzene rings is 1. The van der Waals surface area contributed by atoms with E-state index in [2.05, 4.69) is 30.9 Å². The van der Waals surface area contributed by atoms with Gasteiger partial charge in [-0.2, -0.15) is 5.10 Å². The molecule has 136 valence electrons. The van der Waals surface area contributed by atoms with Crippen molar-refractivity contribution in [3.05, 3.63) is 44.1 Å². The fourth-order valence-electron chi connectivity index (χ4n) is 2.00. The zero-order chi connectivity index (χ0) is 18.9. The second kappa shape index (κ2) is 7.75. The lowest BCUT2D eigenvalue weighted by atomic mass is 10.2. The third-order valence-corrected chi connectivity index (χ3v) is 5.17. The van der Waals surface area contributed by atoms with Gasteiger partial charge in [-0.05, 0) is 47.5 Å². The Morgan fingerprint density at radius 3 is 2.64 bits per heavy atom. The second-order valence-electron chi connectivity index (χ2n) is 5.03. The first-order valence-corrected chi connectivity index (χ1v) is 9.82. The Morgan fingerprint density at radius 2 is 2.08 bits per heavy atom. The molecule has 1 aromatic heterocycles. The summed E-state index contributed by atoms with van der Waals surface area (Å²) in [5.41, 5.74) is 1.19. The maximum absolute atomic E-state index is 12.6. The number of phosphoric acid groups is 1. The van der Waals surface area contributed by atoms with Gasteiger partial charge >= 0.3 is 7.82 Å². The lowest BCUT2D eigenvalue weighted by Crippen LogP contribution is -2.21. The van der Waals surface area contributed by atoms with Crippen LogP contribution in [0.1, 0.15) is 29.2 Å². The molecule has 1 aromatic carbocycles. The van der Waals surface area contributed by atoms with Gasteiger partial charge in [0.2, 0.25) is 0 Å². The average Bonchev–Trinajstić information content (AvgIpc) is 2.76. The molecule has 3 N–H and O–H groups in total. The summed E-state index contributed by atoms with van der Waals surface area (Å²) in [6.45, 7) is 3.16. The van der Waals surface area contributed by atoms with E-state index in [1.54, 1.807) is 18.2 Å². The first kappa shape index (κ1) is 20.4. The molecule has 1 unspecified atom stereocenters. The van der Waals surface area contributed by atoms with Crippen LogP contribution in [0.4, 0.5) is 5.69 Å². The van der Waals surface area contributed by atoms with Crippen LogP contribution in [0, 0.1) is 6.92 Å². The minimum atomic E-state index is -4.80. The number of anilines is 1. The number of carbonyl (C=O) groups excluding carboxylic acids is 1. The number of hydrogen-bond acceptors (Lipinski definition) is 4. The molecule has 12 heteroatoms. The third-order valence-electron chi connectivity index (χ3n) is 3.04. The predicted molar refractivity (Wildman–Crippen MR) is 96.9 cm³/mol. The Kier molecular flexibility index (Phi) is 6.32. The van der Waals surface area contributed by atoms with Crippen LogP contribution < -0.4 is 5.32 Å². The molecule has 0 radical (unpaired) electrons. The minimum absolute atomic E-state index is 0.0682. The van der Waals surface area contributed by atoms with Crippen molar-refractivity contribution in [3.8, 4) is 0 Å². The van der Waals surface area contributed by atoms with Gasteiger partial charge in [0.25, 0.3) is 5.91 Å². The zero-order valence-electron chi connectivity index (χ0n) is 12.9. The summed E-state index contributed by atoms with van der Waals surface area (Å²) in [4.78, 5) is 30.5. The molecule has 2 aromatic rings. The van der Waals surface area contributed by atoms with Crippen LogP contribution in [0.3, 0.4) is 0 Å². The summed E-state index contributed by atoms with van der Waals surface area (Å²) in [6.07, 6.45) is -1.25. The van der Waals surface area contributed by atoms with Crippen molar-refractivity contribution in [2.24, 2.45) is 0 Å². The summed E-state index contributed by atoms with van der Waals surface area (Å²) in [5, 5.41) is 6.73. The standard InChI is InChI=1S/C13H13BrCl2N3O5P/c1-6-3-4-9(8(15)5-6)17-13(20)11-10(14)12(16)18-19(11)7(2)24-25(21,22)23/h3-5,7H,1-2H3,(H,17,20)(H2,21,22,23). The SMILES string of the molecule is Cc1ccc(NC(=O)c2c(Br)c(Cl)nn2C(C)OP(=O)(O)O)c(Cl)c1. The molecular weight excluding hydrogens is 460 g/mol. The molecule has 0 spiro atoms. The van der Waals surface area contributed by atoms with Crippen LogP contribution in [-0.4, -0.2) is 25.5 Å². The number of hydrogen-bond donors (Lipinski definition) is 3. The van der Waals surface area contributed by atoms with Gasteiger partial charge in [0.1, 0.15) is 5.69 Å². The van der Waals surface area contributed by atoms with Crippen LogP contribution in [0.15, 0.2) is 22.7 Å². The highest BCUT2D eigenvalue weighted by atomic mass is 79.9. The van der Waals surface area contributed by atoms with Crippen LogP contribution >= 0.6 is 47.0 Å². The van der Waals surface area contributed by atoms with E-state index in [9.17, 15) is 9.36 Å². The normalized spacial score (nSPS) is 12.9. The number of aromatic nitrogens is 2. The maximum Gasteiger partial charge on any atom is 0.471 e. The van der Waals surface area contributed by atoms with E-state index < -0.39 is 20.0 Å². The van der Waals surface area contributed by atoms with Gasteiger partial charge in [-0.25, -0.2) is 9.25 Å². The first-order valence-electron chi connectivity index (χ1n) is 6.74. The molecule has 0 bridgehead atoms. The minimum Gasteiger partial charge on any atom is -0.319 e. The number of amides is 1. The summed E-state index contributed by atoms with van der Waals surface area (Å²) in [5.74, 6) is -0.641. The van der Waals surface area contributed by atoms with Gasteiger partial charge in [0.05, 0.1) is 15.2 Å². The summed E-state index contributed by atoms with van der Waals surface area (Å²) in [7, 11) is -4.80. The molecule has 1 amide bonds. The summed E-state index contributed by atoms with van der Waals surface area (Å²) < 4.78 is 16.7. The number of carbonyl (C=O) groups is 1. The van der Waals surface area contributed by atoms with Crippen molar-refractivity contribution in [1.82, 2.24) is 9.78 Å². The number of rotatable bonds is 5. The Hall–Kier alpha value is -0.930. The van der Waals surface area contributed by atoms with Crippen LogP contribution in [0.5, 0.6) is 0 Å². The van der Waals surface area contributed by atoms with Gasteiger partial charge in [-0.1, -0.05) is 29.3 Å². The maximum atomic E-state index is 12.6. The lowest BCUT2D eigenvalue weighted by molar-refractivity contribution is 0.0803. The number of nitrogens with zero attached hydrogens (tertiary/aromatic N) is 2. The molecule has 0 aliphatic carbocycles. The van der Waals surface area contributed by atoms with Gasteiger partial charge in [-0.3, -0.25) is 9.32 Å². The molecule has 0 aliphatic rings. The van der Waals surface area contributed by atoms with Crippen molar-refractivity contribution in [2.45, 2.75) is 20.1 Å². The quantitative estimate of drug-likeness (QED) is 0.563. The molecule has 0 saturated heterocycles. The molecule has 0 fully saturated rings. The van der Waals surface area contributed by atoms with E-state index in [4.69, 9.17) is 33.0 Å². The molecular formula is C13H13BrCl2N3O5P. The topological polar surface area (TPSA) is 114 Å². The molecule has 2 rings (SSSR count). The Morgan fingerprint density at radius 1 is 1.44 bits per heavy atom. The van der Waals surface area contributed by atoms with Gasteiger partial charge < -0.3 is 15.1 Å². The van der Waals surface area contributed by atoms with E-state index in [0.717, 1.165) is 10.2 Å². The fraction of sp³-hybridized carbons (Fsp3) is 0.231. The Labute approximate surface area is 161 Å². The monoisotopic (exact) mass is 471 g/mol. The largest absolute Gasteiger partial charge is 0.471 e. The fourth-order valence-corrected chi connectivity index (χ4v) is 3.38. The number of aryl methyl sites for hydroxylation is 1. The van der Waals surface area contributed by atoms with E-state index >= 15 is 0 Å². The van der Waals surface area contributed by atoms with Crippen LogP contribution in [0.25, 0.3) is 0 Å². The molecule has 25 heavy (non-hydrogen) atoms. The smallest absolute Gasteiger partial charge is 0.319 e. The van der Waals surface area contributed by atoms with Crippen molar-refractivity contribution >= 4 is 58.5 Å². The summed E-state index contributed by atoms with van der Waals surface area (Å²) >= 11 is 15.1. The predicted octanol–water partition coefficient (Wildman–Crippen LogP) is 4.14. The Balaban J connectivity index is 2.37. The van der Waals surface area contributed by atoms with Gasteiger partial charge in [0, 0.05) is 0 Å². The van der Waals surface area contributed by atoms with Gasteiger partial charge in [-0.15, -0.1) is 0 Å². The van der Waals surface area contributed by atoms with Crippen molar-refractivity contribution in [3.63, 3.8) is 0 Å². The highest BCUT2D eigenvalue weighted by molar-refractivity contribution is 9.10. The highest BCUT2D eigenvalue weighted by Gasteiger charge is 2.28. The molecule has 1 atom stereocenters. The average molecular weight is 473 g/mol. The van der Waals surface area contributed by atoms with Gasteiger partial charge in [0.15, 0.2) is 11.4 Å². The first-order chi connectivity index (χ1) is 11.5. The van der Waals surface area contributed by atoms with Crippen LogP contribution in [0.2, 0.25) is 10.2 Å². The van der Waals surface area contributed by atoms with Crippen molar-refractivity contribution in [2.75, 3.05) is 5.32 Å².